The molecule has 0 aliphatic rings. The van der Waals surface area contributed by atoms with Crippen LogP contribution in [-0.2, 0) is 6.54 Å². The van der Waals surface area contributed by atoms with Gasteiger partial charge in [0.1, 0.15) is 0 Å². The minimum Gasteiger partial charge on any atom is -0.478 e. The summed E-state index contributed by atoms with van der Waals surface area (Å²) in [7, 11) is 0. The Bertz CT molecular complexity index is 657. The molecule has 2 rings (SSSR count). The summed E-state index contributed by atoms with van der Waals surface area (Å²) in [5.41, 5.74) is -0.465. The molecule has 0 bridgehead atoms. The monoisotopic (exact) mass is 263 g/mol. The standard InChI is InChI=1S/C12H13N3O4/c1-7(2)11-13-9(14-19-11)6-15-4-3-8(12(17)18)5-10(15)16/h3-5,7H,6H2,1-2H3,(H,17,18). The number of aromatic nitrogens is 3. The van der Waals surface area contributed by atoms with E-state index in [9.17, 15) is 9.59 Å². The van der Waals surface area contributed by atoms with Crippen molar-refractivity contribution in [2.24, 2.45) is 0 Å². The molecule has 0 spiro atoms. The number of hydrogen-bond acceptors (Lipinski definition) is 5. The Balaban J connectivity index is 2.23. The van der Waals surface area contributed by atoms with Crippen LogP contribution in [0.25, 0.3) is 0 Å². The van der Waals surface area contributed by atoms with Crippen LogP contribution < -0.4 is 5.56 Å². The second-order valence-corrected chi connectivity index (χ2v) is 4.39. The number of carbonyl (C=O) groups is 1. The van der Waals surface area contributed by atoms with Gasteiger partial charge in [0.05, 0.1) is 12.1 Å². The number of pyridine rings is 1. The third-order valence-corrected chi connectivity index (χ3v) is 2.53. The summed E-state index contributed by atoms with van der Waals surface area (Å²) in [6.45, 7) is 3.99. The van der Waals surface area contributed by atoms with Crippen molar-refractivity contribution in [1.29, 1.82) is 0 Å². The lowest BCUT2D eigenvalue weighted by atomic mass is 10.2. The average Bonchev–Trinajstić information content (AvgIpc) is 2.80. The van der Waals surface area contributed by atoms with Crippen molar-refractivity contribution in [2.45, 2.75) is 26.3 Å². The van der Waals surface area contributed by atoms with Gasteiger partial charge in [-0.1, -0.05) is 19.0 Å². The van der Waals surface area contributed by atoms with Crippen molar-refractivity contribution < 1.29 is 14.4 Å². The minimum atomic E-state index is -1.13. The molecule has 0 amide bonds. The van der Waals surface area contributed by atoms with Crippen LogP contribution in [0.5, 0.6) is 0 Å². The van der Waals surface area contributed by atoms with Gasteiger partial charge in [-0.25, -0.2) is 4.79 Å². The van der Waals surface area contributed by atoms with E-state index in [0.29, 0.717) is 11.7 Å². The van der Waals surface area contributed by atoms with Gasteiger partial charge in [0.2, 0.25) is 5.89 Å². The summed E-state index contributed by atoms with van der Waals surface area (Å²) < 4.78 is 6.35. The first-order chi connectivity index (χ1) is 8.97. The van der Waals surface area contributed by atoms with Gasteiger partial charge in [-0.15, -0.1) is 0 Å². The lowest BCUT2D eigenvalue weighted by molar-refractivity contribution is 0.0696. The first kappa shape index (κ1) is 13.0. The fourth-order valence-corrected chi connectivity index (χ4v) is 1.49. The smallest absolute Gasteiger partial charge is 0.335 e. The van der Waals surface area contributed by atoms with Crippen molar-refractivity contribution in [1.82, 2.24) is 14.7 Å². The Hall–Kier alpha value is -2.44. The van der Waals surface area contributed by atoms with E-state index < -0.39 is 11.5 Å². The third-order valence-electron chi connectivity index (χ3n) is 2.53. The Morgan fingerprint density at radius 1 is 1.53 bits per heavy atom. The Kier molecular flexibility index (Phi) is 3.46. The van der Waals surface area contributed by atoms with Crippen molar-refractivity contribution >= 4 is 5.97 Å². The molecule has 0 unspecified atom stereocenters. The summed E-state index contributed by atoms with van der Waals surface area (Å²) in [6.07, 6.45) is 1.40. The highest BCUT2D eigenvalue weighted by Gasteiger charge is 2.11. The molecule has 1 N–H and O–H groups in total. The van der Waals surface area contributed by atoms with E-state index in [-0.39, 0.29) is 18.0 Å². The summed E-state index contributed by atoms with van der Waals surface area (Å²) in [5, 5.41) is 12.5. The molecule has 7 heteroatoms. The summed E-state index contributed by atoms with van der Waals surface area (Å²) >= 11 is 0. The molecule has 2 heterocycles. The molecule has 0 aliphatic heterocycles. The van der Waals surface area contributed by atoms with E-state index in [1.807, 2.05) is 13.8 Å². The van der Waals surface area contributed by atoms with Crippen LogP contribution in [0.4, 0.5) is 0 Å². The van der Waals surface area contributed by atoms with E-state index in [4.69, 9.17) is 9.63 Å². The average molecular weight is 263 g/mol. The van der Waals surface area contributed by atoms with Gasteiger partial charge in [0.15, 0.2) is 5.82 Å². The highest BCUT2D eigenvalue weighted by atomic mass is 16.5. The summed E-state index contributed by atoms with van der Waals surface area (Å²) in [6, 6.07) is 2.42. The lowest BCUT2D eigenvalue weighted by Crippen LogP contribution is -2.21. The molecule has 0 saturated heterocycles. The topological polar surface area (TPSA) is 98.2 Å². The number of aromatic carboxylic acids is 1. The molecule has 100 valence electrons. The highest BCUT2D eigenvalue weighted by Crippen LogP contribution is 2.11. The largest absolute Gasteiger partial charge is 0.478 e. The maximum Gasteiger partial charge on any atom is 0.335 e. The molecule has 0 radical (unpaired) electrons. The number of rotatable bonds is 4. The van der Waals surface area contributed by atoms with Crippen molar-refractivity contribution in [2.75, 3.05) is 0 Å². The third kappa shape index (κ3) is 2.87. The summed E-state index contributed by atoms with van der Waals surface area (Å²) in [5.74, 6) is -0.127. The molecular weight excluding hydrogens is 250 g/mol. The zero-order valence-corrected chi connectivity index (χ0v) is 10.5. The minimum absolute atomic E-state index is 0.0442. The first-order valence-corrected chi connectivity index (χ1v) is 5.73. The number of carboxylic acid groups (broad SMARTS) is 1. The number of carboxylic acids is 1. The van der Waals surface area contributed by atoms with Gasteiger partial charge in [0, 0.05) is 18.2 Å². The van der Waals surface area contributed by atoms with E-state index in [1.54, 1.807) is 0 Å². The Labute approximate surface area is 108 Å². The van der Waals surface area contributed by atoms with Gasteiger partial charge in [-0.2, -0.15) is 4.98 Å². The van der Waals surface area contributed by atoms with E-state index in [1.165, 1.54) is 16.8 Å². The lowest BCUT2D eigenvalue weighted by Gasteiger charge is -2.02. The molecule has 7 nitrogen and oxygen atoms in total. The number of nitrogens with zero attached hydrogens (tertiary/aromatic N) is 3. The molecule has 0 saturated carbocycles. The Morgan fingerprint density at radius 2 is 2.26 bits per heavy atom. The van der Waals surface area contributed by atoms with Crippen LogP contribution in [0.2, 0.25) is 0 Å². The van der Waals surface area contributed by atoms with Gasteiger partial charge in [-0.05, 0) is 6.07 Å². The highest BCUT2D eigenvalue weighted by molar-refractivity contribution is 5.87. The second-order valence-electron chi connectivity index (χ2n) is 4.39. The molecule has 19 heavy (non-hydrogen) atoms. The van der Waals surface area contributed by atoms with E-state index in [2.05, 4.69) is 10.1 Å². The number of hydrogen-bond donors (Lipinski definition) is 1. The van der Waals surface area contributed by atoms with Crippen LogP contribution in [0.15, 0.2) is 27.6 Å². The van der Waals surface area contributed by atoms with Crippen molar-refractivity contribution in [3.63, 3.8) is 0 Å². The van der Waals surface area contributed by atoms with Gasteiger partial charge < -0.3 is 14.2 Å². The second kappa shape index (κ2) is 5.05. The fraction of sp³-hybridized carbons (Fsp3) is 0.333. The van der Waals surface area contributed by atoms with Crippen LogP contribution in [0.3, 0.4) is 0 Å². The SMILES string of the molecule is CC(C)c1nc(Cn2ccc(C(=O)O)cc2=O)no1. The first-order valence-electron chi connectivity index (χ1n) is 5.73. The van der Waals surface area contributed by atoms with Crippen molar-refractivity contribution in [3.05, 3.63) is 46.0 Å². The van der Waals surface area contributed by atoms with E-state index in [0.717, 1.165) is 6.07 Å². The van der Waals surface area contributed by atoms with Crippen LogP contribution >= 0.6 is 0 Å². The van der Waals surface area contributed by atoms with Crippen LogP contribution in [0.1, 0.15) is 41.8 Å². The van der Waals surface area contributed by atoms with Crippen molar-refractivity contribution in [3.8, 4) is 0 Å². The Morgan fingerprint density at radius 3 is 2.79 bits per heavy atom. The van der Waals surface area contributed by atoms with Gasteiger partial charge in [0.25, 0.3) is 5.56 Å². The van der Waals surface area contributed by atoms with Crippen LogP contribution in [0, 0.1) is 0 Å². The molecule has 2 aromatic rings. The van der Waals surface area contributed by atoms with Gasteiger partial charge in [-0.3, -0.25) is 4.79 Å². The molecule has 0 atom stereocenters. The molecule has 2 aromatic heterocycles. The zero-order valence-electron chi connectivity index (χ0n) is 10.5. The molecule has 0 aliphatic carbocycles. The maximum absolute atomic E-state index is 11.7. The van der Waals surface area contributed by atoms with Crippen LogP contribution in [-0.4, -0.2) is 25.8 Å². The quantitative estimate of drug-likeness (QED) is 0.886. The zero-order chi connectivity index (χ0) is 14.0. The molecule has 0 aromatic carbocycles. The van der Waals surface area contributed by atoms with Gasteiger partial charge >= 0.3 is 5.97 Å². The maximum atomic E-state index is 11.7. The van der Waals surface area contributed by atoms with E-state index >= 15 is 0 Å². The normalized spacial score (nSPS) is 10.9. The fourth-order valence-electron chi connectivity index (χ4n) is 1.49. The predicted molar refractivity (Wildman–Crippen MR) is 65.2 cm³/mol. The molecule has 0 fully saturated rings. The molecular formula is C12H13N3O4. The summed E-state index contributed by atoms with van der Waals surface area (Å²) in [4.78, 5) is 26.6. The predicted octanol–water partition coefficient (Wildman–Crippen LogP) is 1.10.